The highest BCUT2D eigenvalue weighted by Crippen LogP contribution is 2.22. The lowest BCUT2D eigenvalue weighted by Gasteiger charge is -2.26. The first kappa shape index (κ1) is 15.2. The van der Waals surface area contributed by atoms with Crippen LogP contribution < -0.4 is 5.32 Å². The van der Waals surface area contributed by atoms with Crippen molar-refractivity contribution in [3.63, 3.8) is 0 Å². The van der Waals surface area contributed by atoms with Crippen molar-refractivity contribution in [2.24, 2.45) is 5.92 Å². The Kier molecular flexibility index (Phi) is 6.99. The van der Waals surface area contributed by atoms with Crippen LogP contribution in [0.5, 0.6) is 0 Å². The van der Waals surface area contributed by atoms with E-state index in [4.69, 9.17) is 5.11 Å². The predicted molar refractivity (Wildman–Crippen MR) is 77.6 cm³/mol. The summed E-state index contributed by atoms with van der Waals surface area (Å²) in [6.07, 6.45) is 3.02. The smallest absolute Gasteiger partial charge is 0.0445 e. The second-order valence-corrected chi connectivity index (χ2v) is 5.38. The molecule has 0 bridgehead atoms. The monoisotopic (exact) mass is 249 g/mol. The molecule has 0 amide bonds. The Labute approximate surface area is 111 Å². The first-order valence-electron chi connectivity index (χ1n) is 7.09. The fourth-order valence-corrected chi connectivity index (χ4v) is 2.30. The van der Waals surface area contributed by atoms with E-state index in [9.17, 15) is 0 Å². The first-order valence-corrected chi connectivity index (χ1v) is 7.09. The quantitative estimate of drug-likeness (QED) is 0.739. The molecular weight excluding hydrogens is 222 g/mol. The van der Waals surface area contributed by atoms with E-state index >= 15 is 0 Å². The molecule has 2 unspecified atom stereocenters. The van der Waals surface area contributed by atoms with Gasteiger partial charge in [-0.25, -0.2) is 0 Å². The number of rotatable bonds is 8. The Morgan fingerprint density at radius 3 is 2.33 bits per heavy atom. The molecule has 0 saturated heterocycles. The molecule has 102 valence electrons. The number of aliphatic hydroxyl groups is 1. The highest BCUT2D eigenvalue weighted by atomic mass is 16.3. The second-order valence-electron chi connectivity index (χ2n) is 5.38. The molecule has 0 radical (unpaired) electrons. The van der Waals surface area contributed by atoms with Crippen molar-refractivity contribution in [2.75, 3.05) is 6.61 Å². The second kappa shape index (κ2) is 8.28. The Morgan fingerprint density at radius 1 is 1.17 bits per heavy atom. The van der Waals surface area contributed by atoms with Gasteiger partial charge in [-0.05, 0) is 30.7 Å². The van der Waals surface area contributed by atoms with Crippen LogP contribution in [0.25, 0.3) is 0 Å². The lowest BCUT2D eigenvalue weighted by atomic mass is 9.95. The fraction of sp³-hybridized carbons (Fsp3) is 0.625. The molecule has 2 nitrogen and oxygen atoms in total. The minimum atomic E-state index is 0.259. The Morgan fingerprint density at radius 2 is 1.83 bits per heavy atom. The molecule has 0 aromatic heterocycles. The number of aliphatic hydroxyl groups excluding tert-OH is 1. The molecule has 2 N–H and O–H groups in total. The van der Waals surface area contributed by atoms with Crippen molar-refractivity contribution in [3.05, 3.63) is 35.9 Å². The van der Waals surface area contributed by atoms with Gasteiger partial charge in [-0.15, -0.1) is 0 Å². The zero-order valence-electron chi connectivity index (χ0n) is 11.9. The summed E-state index contributed by atoms with van der Waals surface area (Å²) >= 11 is 0. The van der Waals surface area contributed by atoms with Gasteiger partial charge in [-0.3, -0.25) is 0 Å². The topological polar surface area (TPSA) is 32.3 Å². The van der Waals surface area contributed by atoms with Gasteiger partial charge in [0.15, 0.2) is 0 Å². The van der Waals surface area contributed by atoms with E-state index in [-0.39, 0.29) is 6.61 Å². The molecule has 0 saturated carbocycles. The van der Waals surface area contributed by atoms with Crippen molar-refractivity contribution < 1.29 is 5.11 Å². The van der Waals surface area contributed by atoms with Crippen LogP contribution in [-0.2, 0) is 0 Å². The highest BCUT2D eigenvalue weighted by Gasteiger charge is 2.16. The Balaban J connectivity index is 2.72. The molecule has 2 atom stereocenters. The third-order valence-corrected chi connectivity index (χ3v) is 3.32. The highest BCUT2D eigenvalue weighted by molar-refractivity contribution is 5.19. The lowest BCUT2D eigenvalue weighted by molar-refractivity contribution is 0.250. The normalized spacial score (nSPS) is 14.7. The maximum absolute atomic E-state index is 9.09. The van der Waals surface area contributed by atoms with Gasteiger partial charge in [0.2, 0.25) is 0 Å². The van der Waals surface area contributed by atoms with E-state index in [2.05, 4.69) is 56.4 Å². The largest absolute Gasteiger partial charge is 0.396 e. The zero-order valence-corrected chi connectivity index (χ0v) is 11.9. The summed E-state index contributed by atoms with van der Waals surface area (Å²) in [6.45, 7) is 6.94. The van der Waals surface area contributed by atoms with Crippen LogP contribution in [-0.4, -0.2) is 17.8 Å². The zero-order chi connectivity index (χ0) is 13.4. The number of hydrogen-bond donors (Lipinski definition) is 2. The third-order valence-electron chi connectivity index (χ3n) is 3.32. The first-order chi connectivity index (χ1) is 8.67. The van der Waals surface area contributed by atoms with Crippen LogP contribution in [0.4, 0.5) is 0 Å². The molecule has 0 heterocycles. The summed E-state index contributed by atoms with van der Waals surface area (Å²) < 4.78 is 0. The van der Waals surface area contributed by atoms with Crippen LogP contribution in [0, 0.1) is 5.92 Å². The molecule has 1 aromatic rings. The maximum atomic E-state index is 9.09. The molecule has 0 aliphatic heterocycles. The number of hydrogen-bond acceptors (Lipinski definition) is 2. The summed E-state index contributed by atoms with van der Waals surface area (Å²) in [5.41, 5.74) is 1.35. The lowest BCUT2D eigenvalue weighted by Crippen LogP contribution is -2.34. The molecule has 0 fully saturated rings. The van der Waals surface area contributed by atoms with Gasteiger partial charge in [0.05, 0.1) is 0 Å². The standard InChI is InChI=1S/C16H27NO/c1-4-15(10-11-18)17-16(12-13(2)3)14-8-6-5-7-9-14/h5-9,13,15-18H,4,10-12H2,1-3H3. The summed E-state index contributed by atoms with van der Waals surface area (Å²) in [6, 6.07) is 11.4. The molecule has 1 aromatic carbocycles. The van der Waals surface area contributed by atoms with Gasteiger partial charge in [0.25, 0.3) is 0 Å². The van der Waals surface area contributed by atoms with Gasteiger partial charge in [0, 0.05) is 18.7 Å². The van der Waals surface area contributed by atoms with Crippen LogP contribution in [0.15, 0.2) is 30.3 Å². The van der Waals surface area contributed by atoms with E-state index < -0.39 is 0 Å². The van der Waals surface area contributed by atoms with Crippen molar-refractivity contribution >= 4 is 0 Å². The van der Waals surface area contributed by atoms with E-state index in [0.29, 0.717) is 18.0 Å². The van der Waals surface area contributed by atoms with E-state index in [1.54, 1.807) is 0 Å². The number of benzene rings is 1. The fourth-order valence-electron chi connectivity index (χ4n) is 2.30. The van der Waals surface area contributed by atoms with Crippen LogP contribution in [0.2, 0.25) is 0 Å². The van der Waals surface area contributed by atoms with Crippen molar-refractivity contribution in [2.45, 2.75) is 52.1 Å². The molecule has 0 aliphatic rings. The minimum Gasteiger partial charge on any atom is -0.396 e. The van der Waals surface area contributed by atoms with Gasteiger partial charge in [-0.2, -0.15) is 0 Å². The van der Waals surface area contributed by atoms with Crippen LogP contribution in [0.1, 0.15) is 51.6 Å². The van der Waals surface area contributed by atoms with Crippen molar-refractivity contribution in [3.8, 4) is 0 Å². The SMILES string of the molecule is CCC(CCO)NC(CC(C)C)c1ccccc1. The van der Waals surface area contributed by atoms with Crippen LogP contribution in [0.3, 0.4) is 0 Å². The van der Waals surface area contributed by atoms with Crippen molar-refractivity contribution in [1.29, 1.82) is 0 Å². The van der Waals surface area contributed by atoms with Gasteiger partial charge >= 0.3 is 0 Å². The van der Waals surface area contributed by atoms with Crippen molar-refractivity contribution in [1.82, 2.24) is 5.32 Å². The number of nitrogens with one attached hydrogen (secondary N) is 1. The van der Waals surface area contributed by atoms with E-state index in [1.807, 2.05) is 0 Å². The van der Waals surface area contributed by atoms with Crippen LogP contribution >= 0.6 is 0 Å². The van der Waals surface area contributed by atoms with Gasteiger partial charge in [-0.1, -0.05) is 51.1 Å². The Bertz CT molecular complexity index is 310. The third kappa shape index (κ3) is 5.19. The molecular formula is C16H27NO. The molecule has 0 spiro atoms. The summed E-state index contributed by atoms with van der Waals surface area (Å²) in [7, 11) is 0. The maximum Gasteiger partial charge on any atom is 0.0445 e. The van der Waals surface area contributed by atoms with E-state index in [0.717, 1.165) is 19.3 Å². The summed E-state index contributed by atoms with van der Waals surface area (Å²) in [5.74, 6) is 0.661. The Hall–Kier alpha value is -0.860. The molecule has 0 aliphatic carbocycles. The van der Waals surface area contributed by atoms with Gasteiger partial charge in [0.1, 0.15) is 0 Å². The summed E-state index contributed by atoms with van der Waals surface area (Å²) in [4.78, 5) is 0. The predicted octanol–water partition coefficient (Wildman–Crippen LogP) is 3.52. The van der Waals surface area contributed by atoms with E-state index in [1.165, 1.54) is 5.56 Å². The van der Waals surface area contributed by atoms with Gasteiger partial charge < -0.3 is 10.4 Å². The molecule has 18 heavy (non-hydrogen) atoms. The molecule has 2 heteroatoms. The summed E-state index contributed by atoms with van der Waals surface area (Å²) in [5, 5.41) is 12.8. The average molecular weight is 249 g/mol. The minimum absolute atomic E-state index is 0.259. The average Bonchev–Trinajstić information content (AvgIpc) is 2.37. The molecule has 1 rings (SSSR count).